The van der Waals surface area contributed by atoms with Crippen LogP contribution in [0.4, 0.5) is 0 Å². The largest absolute Gasteiger partial charge is 0.369 e. The number of benzene rings is 1. The van der Waals surface area contributed by atoms with Crippen LogP contribution < -0.4 is 0 Å². The zero-order chi connectivity index (χ0) is 15.0. The summed E-state index contributed by atoms with van der Waals surface area (Å²) in [4.78, 5) is 0. The Kier molecular flexibility index (Phi) is 4.34. The van der Waals surface area contributed by atoms with E-state index in [4.69, 9.17) is 14.2 Å². The molecule has 116 valence electrons. The van der Waals surface area contributed by atoms with Crippen molar-refractivity contribution >= 4 is 0 Å². The molecule has 0 aromatic heterocycles. The van der Waals surface area contributed by atoms with Gasteiger partial charge in [-0.25, -0.2) is 0 Å². The molecule has 3 heteroatoms. The van der Waals surface area contributed by atoms with Crippen molar-refractivity contribution in [2.45, 2.75) is 52.3 Å². The Hall–Kier alpha value is -0.900. The molecule has 0 spiro atoms. The molecule has 2 aliphatic rings. The fourth-order valence-corrected chi connectivity index (χ4v) is 3.60. The molecular weight excluding hydrogens is 264 g/mol. The Morgan fingerprint density at radius 2 is 1.71 bits per heavy atom. The van der Waals surface area contributed by atoms with Crippen LogP contribution in [0.15, 0.2) is 30.3 Å². The summed E-state index contributed by atoms with van der Waals surface area (Å²) >= 11 is 0. The van der Waals surface area contributed by atoms with E-state index < -0.39 is 0 Å². The Balaban J connectivity index is 1.74. The van der Waals surface area contributed by atoms with Crippen molar-refractivity contribution in [3.63, 3.8) is 0 Å². The number of hydrogen-bond donors (Lipinski definition) is 0. The van der Waals surface area contributed by atoms with E-state index in [1.807, 2.05) is 18.2 Å². The minimum atomic E-state index is -0.263. The molecule has 0 bridgehead atoms. The lowest BCUT2D eigenvalue weighted by atomic mass is 9.77. The van der Waals surface area contributed by atoms with Crippen molar-refractivity contribution in [3.8, 4) is 0 Å². The minimum absolute atomic E-state index is 0.0589. The van der Waals surface area contributed by atoms with Crippen molar-refractivity contribution in [1.29, 1.82) is 0 Å². The van der Waals surface area contributed by atoms with Gasteiger partial charge in [0.15, 0.2) is 6.29 Å². The van der Waals surface area contributed by atoms with Crippen LogP contribution >= 0.6 is 0 Å². The average molecular weight is 290 g/mol. The number of rotatable bonds is 2. The lowest BCUT2D eigenvalue weighted by Gasteiger charge is -2.49. The summed E-state index contributed by atoms with van der Waals surface area (Å²) in [5.41, 5.74) is 1.08. The van der Waals surface area contributed by atoms with Crippen LogP contribution in [-0.4, -0.2) is 24.9 Å². The Bertz CT molecular complexity index is 457. The normalized spacial score (nSPS) is 40.0. The molecule has 3 rings (SSSR count). The highest BCUT2D eigenvalue weighted by molar-refractivity contribution is 5.16. The molecule has 0 amide bonds. The first-order chi connectivity index (χ1) is 10.1. The maximum absolute atomic E-state index is 6.27. The summed E-state index contributed by atoms with van der Waals surface area (Å²) in [6.45, 7) is 9.64. The summed E-state index contributed by atoms with van der Waals surface area (Å²) in [5.74, 6) is 1.50. The van der Waals surface area contributed by atoms with Crippen molar-refractivity contribution in [2.24, 2.45) is 17.8 Å². The first-order valence-corrected chi connectivity index (χ1v) is 8.05. The zero-order valence-electron chi connectivity index (χ0n) is 13.4. The van der Waals surface area contributed by atoms with E-state index in [2.05, 4.69) is 39.8 Å². The molecule has 6 atom stereocenters. The van der Waals surface area contributed by atoms with Crippen LogP contribution in [0.5, 0.6) is 0 Å². The van der Waals surface area contributed by atoms with E-state index in [1.54, 1.807) is 0 Å². The van der Waals surface area contributed by atoms with E-state index in [0.29, 0.717) is 30.5 Å². The second kappa shape index (κ2) is 6.07. The molecule has 0 aliphatic carbocycles. The van der Waals surface area contributed by atoms with Crippen molar-refractivity contribution in [3.05, 3.63) is 35.9 Å². The van der Waals surface area contributed by atoms with Gasteiger partial charge in [-0.15, -0.1) is 0 Å². The minimum Gasteiger partial charge on any atom is -0.369 e. The maximum Gasteiger partial charge on any atom is 0.184 e. The Morgan fingerprint density at radius 3 is 2.38 bits per heavy atom. The van der Waals surface area contributed by atoms with E-state index in [-0.39, 0.29) is 18.5 Å². The molecule has 1 aromatic carbocycles. The quantitative estimate of drug-likeness (QED) is 0.829. The summed E-state index contributed by atoms with van der Waals surface area (Å²) in [6.07, 6.45) is 0.209. The van der Waals surface area contributed by atoms with Gasteiger partial charge < -0.3 is 14.2 Å². The third kappa shape index (κ3) is 2.87. The lowest BCUT2D eigenvalue weighted by molar-refractivity contribution is -0.313. The van der Waals surface area contributed by atoms with Gasteiger partial charge in [0, 0.05) is 5.56 Å². The monoisotopic (exact) mass is 290 g/mol. The molecule has 0 radical (unpaired) electrons. The Labute approximate surface area is 127 Å². The van der Waals surface area contributed by atoms with Gasteiger partial charge in [-0.05, 0) is 17.8 Å². The molecule has 1 unspecified atom stereocenters. The fourth-order valence-electron chi connectivity index (χ4n) is 3.60. The van der Waals surface area contributed by atoms with E-state index >= 15 is 0 Å². The molecular formula is C18H26O3. The number of hydrogen-bond acceptors (Lipinski definition) is 3. The van der Waals surface area contributed by atoms with E-state index in [0.717, 1.165) is 5.56 Å². The highest BCUT2D eigenvalue weighted by atomic mass is 16.7. The molecule has 0 saturated carbocycles. The third-order valence-electron chi connectivity index (χ3n) is 4.99. The topological polar surface area (TPSA) is 27.7 Å². The summed E-state index contributed by atoms with van der Waals surface area (Å²) < 4.78 is 18.4. The predicted molar refractivity (Wildman–Crippen MR) is 81.8 cm³/mol. The Morgan fingerprint density at radius 1 is 1.00 bits per heavy atom. The van der Waals surface area contributed by atoms with Gasteiger partial charge in [0.05, 0.1) is 18.8 Å². The first-order valence-electron chi connectivity index (χ1n) is 8.05. The van der Waals surface area contributed by atoms with Crippen LogP contribution in [0, 0.1) is 17.8 Å². The molecule has 0 N–H and O–H groups in total. The molecule has 1 aromatic rings. The molecule has 21 heavy (non-hydrogen) atoms. The summed E-state index contributed by atoms with van der Waals surface area (Å²) in [7, 11) is 0. The highest BCUT2D eigenvalue weighted by Gasteiger charge is 2.46. The molecule has 2 saturated heterocycles. The van der Waals surface area contributed by atoms with E-state index in [9.17, 15) is 0 Å². The van der Waals surface area contributed by atoms with Crippen molar-refractivity contribution < 1.29 is 14.2 Å². The molecule has 2 fully saturated rings. The van der Waals surface area contributed by atoms with Gasteiger partial charge in [-0.3, -0.25) is 0 Å². The molecule has 3 nitrogen and oxygen atoms in total. The van der Waals surface area contributed by atoms with E-state index in [1.165, 1.54) is 0 Å². The lowest BCUT2D eigenvalue weighted by Crippen LogP contribution is -2.56. The highest BCUT2D eigenvalue weighted by Crippen LogP contribution is 2.40. The van der Waals surface area contributed by atoms with Gasteiger partial charge in [0.2, 0.25) is 0 Å². The standard InChI is InChI=1S/C18H26O3/c1-11(2)16-12(3)13(4)17-15(20-16)10-19-18(21-17)14-8-6-5-7-9-14/h5-9,11-13,15-18H,10H2,1-4H3/t12-,13-,15-,16+,17+,18?/m1/s1. The maximum atomic E-state index is 6.27. The van der Waals surface area contributed by atoms with Gasteiger partial charge in [-0.1, -0.05) is 58.0 Å². The smallest absolute Gasteiger partial charge is 0.184 e. The van der Waals surface area contributed by atoms with Gasteiger partial charge >= 0.3 is 0 Å². The predicted octanol–water partition coefficient (Wildman–Crippen LogP) is 3.80. The second-order valence-corrected chi connectivity index (χ2v) is 6.78. The molecule has 2 heterocycles. The van der Waals surface area contributed by atoms with Crippen molar-refractivity contribution in [2.75, 3.05) is 6.61 Å². The SMILES string of the molecule is CC(C)[C@@H]1O[C@@H]2COC(c3ccccc3)O[C@H]2[C@H](C)[C@H]1C. The number of ether oxygens (including phenoxy) is 3. The molecule has 2 aliphatic heterocycles. The van der Waals surface area contributed by atoms with Gasteiger partial charge in [0.25, 0.3) is 0 Å². The first kappa shape index (κ1) is 15.0. The fraction of sp³-hybridized carbons (Fsp3) is 0.667. The van der Waals surface area contributed by atoms with Crippen molar-refractivity contribution in [1.82, 2.24) is 0 Å². The summed E-state index contributed by atoms with van der Waals surface area (Å²) in [5, 5.41) is 0. The van der Waals surface area contributed by atoms with Crippen LogP contribution in [0.3, 0.4) is 0 Å². The second-order valence-electron chi connectivity index (χ2n) is 6.78. The van der Waals surface area contributed by atoms with Gasteiger partial charge in [0.1, 0.15) is 6.10 Å². The number of fused-ring (bicyclic) bond motifs is 1. The summed E-state index contributed by atoms with van der Waals surface area (Å²) in [6, 6.07) is 10.2. The van der Waals surface area contributed by atoms with Gasteiger partial charge in [-0.2, -0.15) is 0 Å². The van der Waals surface area contributed by atoms with Crippen LogP contribution in [0.1, 0.15) is 39.5 Å². The average Bonchev–Trinajstić information content (AvgIpc) is 2.51. The van der Waals surface area contributed by atoms with Crippen LogP contribution in [0.2, 0.25) is 0 Å². The van der Waals surface area contributed by atoms with Crippen LogP contribution in [-0.2, 0) is 14.2 Å². The zero-order valence-corrected chi connectivity index (χ0v) is 13.4. The van der Waals surface area contributed by atoms with Crippen LogP contribution in [0.25, 0.3) is 0 Å². The third-order valence-corrected chi connectivity index (χ3v) is 4.99.